The SMILES string of the molecule is COc1ccccc1Nc1cncc(C(=O)N2CCOCC2)c1. The summed E-state index contributed by atoms with van der Waals surface area (Å²) in [7, 11) is 1.62. The monoisotopic (exact) mass is 313 g/mol. The lowest BCUT2D eigenvalue weighted by Crippen LogP contribution is -2.40. The van der Waals surface area contributed by atoms with Crippen LogP contribution < -0.4 is 10.1 Å². The summed E-state index contributed by atoms with van der Waals surface area (Å²) in [6.45, 7) is 2.39. The van der Waals surface area contributed by atoms with E-state index in [1.807, 2.05) is 24.3 Å². The average Bonchev–Trinajstić information content (AvgIpc) is 2.62. The van der Waals surface area contributed by atoms with Crippen LogP contribution in [0.1, 0.15) is 10.4 Å². The lowest BCUT2D eigenvalue weighted by Gasteiger charge is -2.26. The van der Waals surface area contributed by atoms with Crippen molar-refractivity contribution in [1.82, 2.24) is 9.88 Å². The van der Waals surface area contributed by atoms with Crippen LogP contribution in [0.3, 0.4) is 0 Å². The van der Waals surface area contributed by atoms with E-state index in [1.165, 1.54) is 0 Å². The first-order valence-corrected chi connectivity index (χ1v) is 7.50. The number of ether oxygens (including phenoxy) is 2. The molecule has 3 rings (SSSR count). The molecule has 23 heavy (non-hydrogen) atoms. The van der Waals surface area contributed by atoms with E-state index in [9.17, 15) is 4.79 Å². The van der Waals surface area contributed by atoms with Gasteiger partial charge in [-0.25, -0.2) is 0 Å². The number of pyridine rings is 1. The van der Waals surface area contributed by atoms with Crippen molar-refractivity contribution in [3.63, 3.8) is 0 Å². The maximum Gasteiger partial charge on any atom is 0.255 e. The first-order valence-electron chi connectivity index (χ1n) is 7.50. The van der Waals surface area contributed by atoms with Gasteiger partial charge in [0.05, 0.1) is 43.5 Å². The van der Waals surface area contributed by atoms with E-state index < -0.39 is 0 Å². The number of rotatable bonds is 4. The largest absolute Gasteiger partial charge is 0.495 e. The minimum atomic E-state index is -0.0236. The van der Waals surface area contributed by atoms with E-state index in [0.29, 0.717) is 31.9 Å². The van der Waals surface area contributed by atoms with Gasteiger partial charge in [-0.05, 0) is 18.2 Å². The van der Waals surface area contributed by atoms with Gasteiger partial charge in [0.1, 0.15) is 5.75 Å². The average molecular weight is 313 g/mol. The fraction of sp³-hybridized carbons (Fsp3) is 0.294. The third kappa shape index (κ3) is 3.60. The van der Waals surface area contributed by atoms with E-state index >= 15 is 0 Å². The summed E-state index contributed by atoms with van der Waals surface area (Å²) in [5.74, 6) is 0.710. The van der Waals surface area contributed by atoms with Crippen LogP contribution >= 0.6 is 0 Å². The first-order chi connectivity index (χ1) is 11.3. The smallest absolute Gasteiger partial charge is 0.255 e. The van der Waals surface area contributed by atoms with Crippen molar-refractivity contribution in [3.05, 3.63) is 48.3 Å². The minimum Gasteiger partial charge on any atom is -0.495 e. The summed E-state index contributed by atoms with van der Waals surface area (Å²) in [5, 5.41) is 3.24. The summed E-state index contributed by atoms with van der Waals surface area (Å²) < 4.78 is 10.6. The van der Waals surface area contributed by atoms with E-state index in [4.69, 9.17) is 9.47 Å². The molecule has 2 heterocycles. The number of amides is 1. The number of morpholine rings is 1. The Balaban J connectivity index is 1.78. The minimum absolute atomic E-state index is 0.0236. The maximum atomic E-state index is 12.5. The molecule has 0 saturated carbocycles. The fourth-order valence-electron chi connectivity index (χ4n) is 2.48. The van der Waals surface area contributed by atoms with Crippen LogP contribution in [0.15, 0.2) is 42.7 Å². The topological polar surface area (TPSA) is 63.7 Å². The second-order valence-electron chi connectivity index (χ2n) is 5.19. The van der Waals surface area contributed by atoms with Gasteiger partial charge in [-0.2, -0.15) is 0 Å². The van der Waals surface area contributed by atoms with Crippen LogP contribution in [-0.4, -0.2) is 49.2 Å². The Labute approximate surface area is 135 Å². The highest BCUT2D eigenvalue weighted by atomic mass is 16.5. The third-order valence-corrected chi connectivity index (χ3v) is 3.67. The van der Waals surface area contributed by atoms with E-state index in [0.717, 1.165) is 17.1 Å². The van der Waals surface area contributed by atoms with Crippen LogP contribution in [0.4, 0.5) is 11.4 Å². The van der Waals surface area contributed by atoms with Crippen LogP contribution in [0, 0.1) is 0 Å². The van der Waals surface area contributed by atoms with Crippen molar-refractivity contribution >= 4 is 17.3 Å². The predicted molar refractivity (Wildman–Crippen MR) is 87.2 cm³/mol. The highest BCUT2D eigenvalue weighted by Gasteiger charge is 2.19. The zero-order chi connectivity index (χ0) is 16.1. The van der Waals surface area contributed by atoms with E-state index in [2.05, 4.69) is 10.3 Å². The van der Waals surface area contributed by atoms with Crippen LogP contribution in [0.5, 0.6) is 5.75 Å². The second-order valence-corrected chi connectivity index (χ2v) is 5.19. The van der Waals surface area contributed by atoms with Crippen LogP contribution in [-0.2, 0) is 4.74 Å². The van der Waals surface area contributed by atoms with Crippen LogP contribution in [0.25, 0.3) is 0 Å². The number of nitrogens with one attached hydrogen (secondary N) is 1. The molecule has 2 aromatic rings. The molecule has 0 bridgehead atoms. The molecule has 1 amide bonds. The van der Waals surface area contributed by atoms with Crippen molar-refractivity contribution in [1.29, 1.82) is 0 Å². The number of hydrogen-bond donors (Lipinski definition) is 1. The molecule has 0 radical (unpaired) electrons. The third-order valence-electron chi connectivity index (χ3n) is 3.67. The van der Waals surface area contributed by atoms with E-state index in [1.54, 1.807) is 30.5 Å². The highest BCUT2D eigenvalue weighted by Crippen LogP contribution is 2.27. The summed E-state index contributed by atoms with van der Waals surface area (Å²) >= 11 is 0. The number of para-hydroxylation sites is 2. The van der Waals surface area contributed by atoms with Gasteiger partial charge in [0.15, 0.2) is 0 Å². The lowest BCUT2D eigenvalue weighted by atomic mass is 10.2. The molecule has 1 saturated heterocycles. The summed E-state index contributed by atoms with van der Waals surface area (Å²) in [6.07, 6.45) is 3.27. The number of carbonyl (C=O) groups is 1. The van der Waals surface area contributed by atoms with Crippen molar-refractivity contribution in [3.8, 4) is 5.75 Å². The number of carbonyl (C=O) groups excluding carboxylic acids is 1. The Morgan fingerprint density at radius 3 is 2.83 bits per heavy atom. The molecule has 1 aromatic heterocycles. The fourth-order valence-corrected chi connectivity index (χ4v) is 2.48. The van der Waals surface area contributed by atoms with Gasteiger partial charge in [-0.3, -0.25) is 9.78 Å². The Morgan fingerprint density at radius 2 is 2.04 bits per heavy atom. The van der Waals surface area contributed by atoms with Gasteiger partial charge < -0.3 is 19.7 Å². The maximum absolute atomic E-state index is 12.5. The van der Waals surface area contributed by atoms with Gasteiger partial charge in [0.25, 0.3) is 5.91 Å². The van der Waals surface area contributed by atoms with Gasteiger partial charge >= 0.3 is 0 Å². The number of hydrogen-bond acceptors (Lipinski definition) is 5. The van der Waals surface area contributed by atoms with Crippen molar-refractivity contribution in [2.75, 3.05) is 38.7 Å². The van der Waals surface area contributed by atoms with Gasteiger partial charge in [0, 0.05) is 19.3 Å². The molecule has 1 aliphatic heterocycles. The zero-order valence-corrected chi connectivity index (χ0v) is 13.0. The molecule has 1 fully saturated rings. The standard InChI is InChI=1S/C17H19N3O3/c1-22-16-5-3-2-4-15(16)19-14-10-13(11-18-12-14)17(21)20-6-8-23-9-7-20/h2-5,10-12,19H,6-9H2,1H3. The second kappa shape index (κ2) is 7.11. The molecule has 0 aliphatic carbocycles. The Hall–Kier alpha value is -2.60. The summed E-state index contributed by atoms with van der Waals surface area (Å²) in [4.78, 5) is 18.5. The van der Waals surface area contributed by atoms with Gasteiger partial charge in [-0.1, -0.05) is 12.1 Å². The number of nitrogens with zero attached hydrogens (tertiary/aromatic N) is 2. The molecule has 120 valence electrons. The van der Waals surface area contributed by atoms with Crippen molar-refractivity contribution in [2.45, 2.75) is 0 Å². The van der Waals surface area contributed by atoms with Crippen molar-refractivity contribution < 1.29 is 14.3 Å². The molecule has 1 aromatic carbocycles. The summed E-state index contributed by atoms with van der Waals surface area (Å²) in [5.41, 5.74) is 2.13. The van der Waals surface area contributed by atoms with Gasteiger partial charge in [0.2, 0.25) is 0 Å². The molecule has 6 heteroatoms. The Bertz CT molecular complexity index is 684. The molecular formula is C17H19N3O3. The number of aromatic nitrogens is 1. The molecule has 1 N–H and O–H groups in total. The summed E-state index contributed by atoms with van der Waals surface area (Å²) in [6, 6.07) is 9.41. The Morgan fingerprint density at radius 1 is 1.26 bits per heavy atom. The molecule has 6 nitrogen and oxygen atoms in total. The number of anilines is 2. The molecule has 1 aliphatic rings. The zero-order valence-electron chi connectivity index (χ0n) is 13.0. The first kappa shape index (κ1) is 15.3. The van der Waals surface area contributed by atoms with E-state index in [-0.39, 0.29) is 5.91 Å². The molecular weight excluding hydrogens is 294 g/mol. The van der Waals surface area contributed by atoms with Crippen molar-refractivity contribution in [2.24, 2.45) is 0 Å². The van der Waals surface area contributed by atoms with Crippen LogP contribution in [0.2, 0.25) is 0 Å². The predicted octanol–water partition coefficient (Wildman–Crippen LogP) is 2.31. The molecule has 0 spiro atoms. The normalized spacial score (nSPS) is 14.4. The van der Waals surface area contributed by atoms with Gasteiger partial charge in [-0.15, -0.1) is 0 Å². The molecule has 0 unspecified atom stereocenters. The Kier molecular flexibility index (Phi) is 4.73. The highest BCUT2D eigenvalue weighted by molar-refractivity contribution is 5.95. The number of methoxy groups -OCH3 is 1. The molecule has 0 atom stereocenters. The quantitative estimate of drug-likeness (QED) is 0.938. The lowest BCUT2D eigenvalue weighted by molar-refractivity contribution is 0.0302. The number of benzene rings is 1.